The van der Waals surface area contributed by atoms with E-state index < -0.39 is 23.6 Å². The lowest BCUT2D eigenvalue weighted by Gasteiger charge is -2.37. The van der Waals surface area contributed by atoms with Crippen LogP contribution in [0.25, 0.3) is 0 Å². The van der Waals surface area contributed by atoms with E-state index >= 15 is 0 Å². The predicted molar refractivity (Wildman–Crippen MR) is 120 cm³/mol. The number of anilines is 2. The molecule has 0 unspecified atom stereocenters. The summed E-state index contributed by atoms with van der Waals surface area (Å²) in [6.07, 6.45) is 3.57. The van der Waals surface area contributed by atoms with E-state index in [0.29, 0.717) is 17.8 Å². The van der Waals surface area contributed by atoms with E-state index in [9.17, 15) is 22.8 Å². The van der Waals surface area contributed by atoms with Crippen molar-refractivity contribution in [2.75, 3.05) is 5.32 Å². The average Bonchev–Trinajstić information content (AvgIpc) is 3.28. The first-order chi connectivity index (χ1) is 16.7. The first-order valence-corrected chi connectivity index (χ1v) is 12.0. The third-order valence-corrected chi connectivity index (χ3v) is 7.19. The number of hydrogen-bond donors (Lipinski definition) is 3. The molecule has 1 amide bonds. The van der Waals surface area contributed by atoms with Crippen LogP contribution in [0.4, 0.5) is 24.9 Å². The Morgan fingerprint density at radius 2 is 1.66 bits per heavy atom. The van der Waals surface area contributed by atoms with Gasteiger partial charge in [-0.1, -0.05) is 11.2 Å². The fourth-order valence-electron chi connectivity index (χ4n) is 5.36. The Morgan fingerprint density at radius 3 is 2.29 bits per heavy atom. The molecule has 4 rings (SSSR count). The van der Waals surface area contributed by atoms with Crippen molar-refractivity contribution in [3.8, 4) is 0 Å². The highest BCUT2D eigenvalue weighted by Gasteiger charge is 2.33. The third-order valence-electron chi connectivity index (χ3n) is 7.19. The molecule has 0 spiro atoms. The van der Waals surface area contributed by atoms with Crippen molar-refractivity contribution in [2.45, 2.75) is 70.0 Å². The van der Waals surface area contributed by atoms with Crippen molar-refractivity contribution in [3.05, 3.63) is 35.7 Å². The molecule has 0 atom stereocenters. The van der Waals surface area contributed by atoms with E-state index in [1.54, 1.807) is 0 Å². The van der Waals surface area contributed by atoms with Crippen LogP contribution < -0.4 is 10.6 Å². The Hall–Kier alpha value is -3.11. The highest BCUT2D eigenvalue weighted by Crippen LogP contribution is 2.40. The van der Waals surface area contributed by atoms with Crippen LogP contribution in [0.15, 0.2) is 28.7 Å². The minimum absolute atomic E-state index is 0.00567. The molecule has 0 aliphatic heterocycles. The molecule has 3 N–H and O–H groups in total. The summed E-state index contributed by atoms with van der Waals surface area (Å²) in [5.41, 5.74) is -0.699. The molecule has 8 nitrogen and oxygen atoms in total. The molecule has 0 radical (unpaired) electrons. The van der Waals surface area contributed by atoms with E-state index in [4.69, 9.17) is 9.52 Å². The first-order valence-electron chi connectivity index (χ1n) is 12.0. The number of aliphatic carboxylic acids is 1. The monoisotopic (exact) mass is 494 g/mol. The molecular formula is C24H29F3N4O4. The maximum atomic E-state index is 12.9. The van der Waals surface area contributed by atoms with Crippen LogP contribution in [0.1, 0.15) is 74.0 Å². The number of halogens is 3. The minimum atomic E-state index is -4.48. The van der Waals surface area contributed by atoms with Crippen LogP contribution in [0.5, 0.6) is 0 Å². The van der Waals surface area contributed by atoms with E-state index in [1.165, 1.54) is 12.1 Å². The van der Waals surface area contributed by atoms with Crippen molar-refractivity contribution in [1.29, 1.82) is 0 Å². The van der Waals surface area contributed by atoms with Crippen molar-refractivity contribution >= 4 is 23.6 Å². The lowest BCUT2D eigenvalue weighted by Crippen LogP contribution is -2.39. The fourth-order valence-corrected chi connectivity index (χ4v) is 5.36. The van der Waals surface area contributed by atoms with Crippen LogP contribution in [0.3, 0.4) is 0 Å². The van der Waals surface area contributed by atoms with Gasteiger partial charge in [0.1, 0.15) is 0 Å². The quantitative estimate of drug-likeness (QED) is 0.472. The molecule has 1 aromatic carbocycles. The molecule has 35 heavy (non-hydrogen) atoms. The van der Waals surface area contributed by atoms with Gasteiger partial charge in [-0.15, -0.1) is 5.10 Å². The number of hydrogen-bond acceptors (Lipinski definition) is 6. The number of carboxylic acids is 1. The summed E-state index contributed by atoms with van der Waals surface area (Å²) in [6, 6.07) is 4.38. The molecule has 2 aliphatic rings. The molecule has 2 saturated carbocycles. The maximum Gasteiger partial charge on any atom is 0.416 e. The van der Waals surface area contributed by atoms with Gasteiger partial charge in [0.15, 0.2) is 0 Å². The number of carboxylic acid groups (broad SMARTS) is 1. The maximum absolute atomic E-state index is 12.9. The van der Waals surface area contributed by atoms with Gasteiger partial charge in [0.2, 0.25) is 0 Å². The second-order valence-electron chi connectivity index (χ2n) is 9.58. The number of amides is 1. The van der Waals surface area contributed by atoms with E-state index in [1.807, 2.05) is 0 Å². The van der Waals surface area contributed by atoms with Crippen molar-refractivity contribution in [2.24, 2.45) is 17.8 Å². The Bertz CT molecular complexity index is 1030. The van der Waals surface area contributed by atoms with Gasteiger partial charge in [0.25, 0.3) is 0 Å². The molecule has 2 aromatic rings. The summed E-state index contributed by atoms with van der Waals surface area (Å²) in [5, 5.41) is 21.9. The van der Waals surface area contributed by atoms with Crippen LogP contribution in [0, 0.1) is 17.8 Å². The first kappa shape index (κ1) is 25.0. The van der Waals surface area contributed by atoms with Gasteiger partial charge >= 0.3 is 30.0 Å². The molecule has 2 fully saturated rings. The van der Waals surface area contributed by atoms with E-state index in [0.717, 1.165) is 63.5 Å². The van der Waals surface area contributed by atoms with E-state index in [2.05, 4.69) is 20.8 Å². The zero-order valence-electron chi connectivity index (χ0n) is 19.2. The van der Waals surface area contributed by atoms with Gasteiger partial charge in [-0.2, -0.15) is 13.2 Å². The van der Waals surface area contributed by atoms with Crippen molar-refractivity contribution in [1.82, 2.24) is 15.5 Å². The predicted octanol–water partition coefficient (Wildman–Crippen LogP) is 5.40. The zero-order chi connectivity index (χ0) is 25.0. The smallest absolute Gasteiger partial charge is 0.416 e. The normalized spacial score (nSPS) is 25.1. The number of nitrogens with zero attached hydrogens (tertiary/aromatic N) is 2. The van der Waals surface area contributed by atoms with Crippen LogP contribution in [-0.4, -0.2) is 33.2 Å². The number of nitrogens with one attached hydrogen (secondary N) is 2. The zero-order valence-corrected chi connectivity index (χ0v) is 19.2. The highest BCUT2D eigenvalue weighted by molar-refractivity contribution is 5.89. The highest BCUT2D eigenvalue weighted by atomic mass is 19.4. The van der Waals surface area contributed by atoms with E-state index in [-0.39, 0.29) is 30.1 Å². The Morgan fingerprint density at radius 1 is 1.00 bits per heavy atom. The summed E-state index contributed by atoms with van der Waals surface area (Å²) in [7, 11) is 0. The Labute approximate surface area is 200 Å². The number of aromatic nitrogens is 2. The van der Waals surface area contributed by atoms with Gasteiger partial charge < -0.3 is 20.2 Å². The summed E-state index contributed by atoms with van der Waals surface area (Å²) in [4.78, 5) is 23.5. The third kappa shape index (κ3) is 6.73. The molecule has 11 heteroatoms. The lowest BCUT2D eigenvalue weighted by atomic mass is 9.70. The number of carbonyl (C=O) groups is 2. The Kier molecular flexibility index (Phi) is 7.61. The molecule has 1 aromatic heterocycles. The second-order valence-corrected chi connectivity index (χ2v) is 9.58. The average molecular weight is 495 g/mol. The van der Waals surface area contributed by atoms with Crippen molar-refractivity contribution < 1.29 is 32.3 Å². The summed E-state index contributed by atoms with van der Waals surface area (Å²) in [5.74, 6) is 0.0366. The SMILES string of the molecule is O=C(O)CC1CCC(C2CCC(NC(=O)c3nnc(Nc4cccc(C(F)(F)F)c4)o3)CC2)CC1. The van der Waals surface area contributed by atoms with Crippen molar-refractivity contribution in [3.63, 3.8) is 0 Å². The van der Waals surface area contributed by atoms with Gasteiger partial charge in [-0.05, 0) is 87.3 Å². The summed E-state index contributed by atoms with van der Waals surface area (Å²) < 4.78 is 43.9. The standard InChI is InChI=1S/C24H29F3N4O4/c25-24(26,27)17-2-1-3-19(13-17)29-23-31-30-22(35-23)21(34)28-18-10-8-16(9-11-18)15-6-4-14(5-7-15)12-20(32)33/h1-3,13-16,18H,4-12H2,(H,28,34)(H,29,31)(H,32,33). The number of alkyl halides is 3. The summed E-state index contributed by atoms with van der Waals surface area (Å²) >= 11 is 0. The summed E-state index contributed by atoms with van der Waals surface area (Å²) in [6.45, 7) is 0. The number of benzene rings is 1. The van der Waals surface area contributed by atoms with Gasteiger partial charge in [0.05, 0.1) is 5.56 Å². The number of carbonyl (C=O) groups excluding carboxylic acids is 1. The Balaban J connectivity index is 1.23. The fraction of sp³-hybridized carbons (Fsp3) is 0.583. The lowest BCUT2D eigenvalue weighted by molar-refractivity contribution is -0.139. The molecule has 1 heterocycles. The van der Waals surface area contributed by atoms with Crippen LogP contribution in [0.2, 0.25) is 0 Å². The second kappa shape index (κ2) is 10.7. The topological polar surface area (TPSA) is 117 Å². The van der Waals surface area contributed by atoms with Gasteiger partial charge in [0, 0.05) is 18.2 Å². The minimum Gasteiger partial charge on any atom is -0.481 e. The molecular weight excluding hydrogens is 465 g/mol. The van der Waals surface area contributed by atoms with Crippen LogP contribution >= 0.6 is 0 Å². The molecule has 2 aliphatic carbocycles. The van der Waals surface area contributed by atoms with Gasteiger partial charge in [-0.25, -0.2) is 0 Å². The van der Waals surface area contributed by atoms with Gasteiger partial charge in [-0.3, -0.25) is 9.59 Å². The molecule has 0 bridgehead atoms. The number of rotatable bonds is 7. The molecule has 190 valence electrons. The molecule has 0 saturated heterocycles. The largest absolute Gasteiger partial charge is 0.481 e. The van der Waals surface area contributed by atoms with Crippen LogP contribution in [-0.2, 0) is 11.0 Å².